The maximum Gasteiger partial charge on any atom is 0.146 e. The summed E-state index contributed by atoms with van der Waals surface area (Å²) in [6.45, 7) is 11.0. The minimum Gasteiger partial charge on any atom is -0.494 e. The molecule has 0 amide bonds. The lowest BCUT2D eigenvalue weighted by atomic mass is 9.98. The molecule has 1 aromatic carbocycles. The Kier molecular flexibility index (Phi) is 3.86. The molecule has 2 aromatic rings. The van der Waals surface area contributed by atoms with E-state index in [1.54, 1.807) is 18.4 Å². The fraction of sp³-hybridized carbons (Fsp3) is 0.533. The molecule has 1 aromatic heterocycles. The predicted molar refractivity (Wildman–Crippen MR) is 91.9 cm³/mol. The van der Waals surface area contributed by atoms with Gasteiger partial charge in [0.05, 0.1) is 16.8 Å². The van der Waals surface area contributed by atoms with E-state index in [9.17, 15) is 0 Å². The first-order chi connectivity index (χ1) is 8.63. The number of halogens is 1. The van der Waals surface area contributed by atoms with E-state index < -0.39 is 0 Å². The van der Waals surface area contributed by atoms with Crippen LogP contribution in [0.2, 0.25) is 0 Å². The second kappa shape index (κ2) is 4.88. The smallest absolute Gasteiger partial charge is 0.146 e. The van der Waals surface area contributed by atoms with Gasteiger partial charge in [-0.05, 0) is 31.5 Å². The van der Waals surface area contributed by atoms with Gasteiger partial charge < -0.3 is 4.74 Å². The van der Waals surface area contributed by atoms with Crippen LogP contribution in [0.25, 0.3) is 10.2 Å². The van der Waals surface area contributed by atoms with E-state index in [2.05, 4.69) is 69.3 Å². The Hall–Kier alpha value is -0.360. The van der Waals surface area contributed by atoms with Crippen molar-refractivity contribution in [2.24, 2.45) is 0 Å². The van der Waals surface area contributed by atoms with Crippen LogP contribution >= 0.6 is 33.9 Å². The monoisotopic (exact) mass is 389 g/mol. The van der Waals surface area contributed by atoms with Crippen molar-refractivity contribution in [3.63, 3.8) is 0 Å². The number of hydrogen-bond acceptors (Lipinski definition) is 3. The molecule has 0 N–H and O–H groups in total. The number of methoxy groups -OCH3 is 1. The minimum atomic E-state index is 0.0781. The molecule has 4 heteroatoms. The van der Waals surface area contributed by atoms with Crippen molar-refractivity contribution in [2.75, 3.05) is 7.11 Å². The topological polar surface area (TPSA) is 22.1 Å². The molecule has 0 aliphatic rings. The van der Waals surface area contributed by atoms with Crippen LogP contribution in [0, 0.1) is 0 Å². The van der Waals surface area contributed by atoms with Gasteiger partial charge in [0.1, 0.15) is 11.3 Å². The van der Waals surface area contributed by atoms with Gasteiger partial charge in [0.2, 0.25) is 0 Å². The van der Waals surface area contributed by atoms with Crippen LogP contribution < -0.4 is 4.74 Å². The third kappa shape index (κ3) is 3.05. The zero-order chi connectivity index (χ0) is 14.4. The summed E-state index contributed by atoms with van der Waals surface area (Å²) in [5.41, 5.74) is 2.35. The first-order valence-corrected chi connectivity index (χ1v) is 8.21. The number of alkyl halides is 1. The van der Waals surface area contributed by atoms with Crippen molar-refractivity contribution in [3.8, 4) is 5.75 Å². The van der Waals surface area contributed by atoms with Gasteiger partial charge in [-0.3, -0.25) is 0 Å². The van der Waals surface area contributed by atoms with Crippen LogP contribution in [0.3, 0.4) is 0 Å². The van der Waals surface area contributed by atoms with E-state index in [4.69, 9.17) is 9.72 Å². The lowest BCUT2D eigenvalue weighted by Gasteiger charge is -2.17. The van der Waals surface area contributed by atoms with Gasteiger partial charge in [0, 0.05) is 8.84 Å². The maximum atomic E-state index is 5.53. The second-order valence-corrected chi connectivity index (χ2v) is 9.99. The average Bonchev–Trinajstić information content (AvgIpc) is 2.69. The molecule has 19 heavy (non-hydrogen) atoms. The molecule has 0 aliphatic heterocycles. The molecule has 104 valence electrons. The van der Waals surface area contributed by atoms with Crippen LogP contribution in [0.4, 0.5) is 0 Å². The summed E-state index contributed by atoms with van der Waals surface area (Å²) in [5.74, 6) is 0.879. The van der Waals surface area contributed by atoms with Crippen molar-refractivity contribution in [1.82, 2.24) is 4.98 Å². The Bertz CT molecular complexity index is 605. The molecule has 2 nitrogen and oxygen atoms in total. The molecular formula is C15H20INOS. The zero-order valence-electron chi connectivity index (χ0n) is 12.3. The number of aromatic nitrogens is 1. The number of ether oxygens (including phenoxy) is 1. The van der Waals surface area contributed by atoms with Crippen molar-refractivity contribution in [3.05, 3.63) is 22.7 Å². The van der Waals surface area contributed by atoms with Crippen LogP contribution in [0.5, 0.6) is 5.75 Å². The summed E-state index contributed by atoms with van der Waals surface area (Å²) >= 11 is 4.23. The normalized spacial score (nSPS) is 13.0. The van der Waals surface area contributed by atoms with Gasteiger partial charge in [-0.25, -0.2) is 4.98 Å². The maximum absolute atomic E-state index is 5.53. The quantitative estimate of drug-likeness (QED) is 0.516. The number of fused-ring (bicyclic) bond motifs is 1. The molecule has 0 atom stereocenters. The number of nitrogens with zero attached hydrogens (tertiary/aromatic N) is 1. The van der Waals surface area contributed by atoms with Crippen LogP contribution in [-0.4, -0.2) is 12.1 Å². The van der Waals surface area contributed by atoms with E-state index in [0.717, 1.165) is 16.3 Å². The fourth-order valence-electron chi connectivity index (χ4n) is 1.82. The highest BCUT2D eigenvalue weighted by molar-refractivity contribution is 14.1. The van der Waals surface area contributed by atoms with Gasteiger partial charge in [0.25, 0.3) is 0 Å². The highest BCUT2D eigenvalue weighted by Crippen LogP contribution is 2.40. The largest absolute Gasteiger partial charge is 0.494 e. The Morgan fingerprint density at radius 2 is 1.79 bits per heavy atom. The Morgan fingerprint density at radius 1 is 1.16 bits per heavy atom. The SMILES string of the molecule is COc1cc(C(C)(C)I)cc2sc(C(C)(C)C)nc12. The van der Waals surface area contributed by atoms with E-state index >= 15 is 0 Å². The molecular weight excluding hydrogens is 369 g/mol. The van der Waals surface area contributed by atoms with E-state index in [0.29, 0.717) is 0 Å². The summed E-state index contributed by atoms with van der Waals surface area (Å²) in [7, 11) is 1.72. The Labute approximate surface area is 132 Å². The van der Waals surface area contributed by atoms with Crippen molar-refractivity contribution < 1.29 is 4.74 Å². The van der Waals surface area contributed by atoms with Gasteiger partial charge in [-0.15, -0.1) is 11.3 Å². The minimum absolute atomic E-state index is 0.0781. The van der Waals surface area contributed by atoms with Gasteiger partial charge >= 0.3 is 0 Å². The summed E-state index contributed by atoms with van der Waals surface area (Å²) in [6.07, 6.45) is 0. The van der Waals surface area contributed by atoms with E-state index in [-0.39, 0.29) is 8.84 Å². The summed E-state index contributed by atoms with van der Waals surface area (Å²) in [4.78, 5) is 4.77. The first kappa shape index (κ1) is 15.0. The third-order valence-corrected chi connectivity index (χ3v) is 5.06. The Balaban J connectivity index is 2.70. The summed E-state index contributed by atoms with van der Waals surface area (Å²) in [6, 6.07) is 4.36. The number of thiazole rings is 1. The highest BCUT2D eigenvalue weighted by atomic mass is 127. The molecule has 0 unspecified atom stereocenters. The standard InChI is InChI=1S/C15H20INOS/c1-14(2,3)13-17-12-10(18-6)7-9(15(4,5)16)8-11(12)19-13/h7-8H,1-6H3. The van der Waals surface area contributed by atoms with Crippen molar-refractivity contribution >= 4 is 44.1 Å². The zero-order valence-corrected chi connectivity index (χ0v) is 15.3. The lowest BCUT2D eigenvalue weighted by molar-refractivity contribution is 0.418. The van der Waals surface area contributed by atoms with E-state index in [1.807, 2.05) is 0 Å². The molecule has 0 aliphatic carbocycles. The van der Waals surface area contributed by atoms with Gasteiger partial charge in [-0.1, -0.05) is 43.4 Å². The van der Waals surface area contributed by atoms with Crippen molar-refractivity contribution in [1.29, 1.82) is 0 Å². The molecule has 0 radical (unpaired) electrons. The molecule has 0 saturated heterocycles. The second-order valence-electron chi connectivity index (χ2n) is 6.27. The molecule has 0 fully saturated rings. The van der Waals surface area contributed by atoms with Crippen LogP contribution in [-0.2, 0) is 8.84 Å². The van der Waals surface area contributed by atoms with Crippen LogP contribution in [0.1, 0.15) is 45.2 Å². The van der Waals surface area contributed by atoms with Crippen molar-refractivity contribution in [2.45, 2.75) is 43.5 Å². The molecule has 2 rings (SSSR count). The highest BCUT2D eigenvalue weighted by Gasteiger charge is 2.23. The first-order valence-electron chi connectivity index (χ1n) is 6.31. The molecule has 0 bridgehead atoms. The molecule has 0 spiro atoms. The summed E-state index contributed by atoms with van der Waals surface area (Å²) in [5, 5.41) is 1.16. The number of hydrogen-bond donors (Lipinski definition) is 0. The Morgan fingerprint density at radius 3 is 2.26 bits per heavy atom. The predicted octanol–water partition coefficient (Wildman–Crippen LogP) is 5.27. The van der Waals surface area contributed by atoms with Gasteiger partial charge in [-0.2, -0.15) is 0 Å². The lowest BCUT2D eigenvalue weighted by Crippen LogP contribution is -2.09. The van der Waals surface area contributed by atoms with E-state index in [1.165, 1.54) is 10.3 Å². The summed E-state index contributed by atoms with van der Waals surface area (Å²) < 4.78 is 6.83. The fourth-order valence-corrected chi connectivity index (χ4v) is 3.21. The van der Waals surface area contributed by atoms with Gasteiger partial charge in [0.15, 0.2) is 0 Å². The molecule has 0 saturated carbocycles. The van der Waals surface area contributed by atoms with Crippen LogP contribution in [0.15, 0.2) is 12.1 Å². The molecule has 1 heterocycles. The number of benzene rings is 1. The third-order valence-electron chi connectivity index (χ3n) is 3.01. The number of rotatable bonds is 2. The average molecular weight is 389 g/mol.